The highest BCUT2D eigenvalue weighted by Crippen LogP contribution is 2.34. The van der Waals surface area contributed by atoms with Crippen molar-refractivity contribution in [3.05, 3.63) is 0 Å². The van der Waals surface area contributed by atoms with E-state index in [2.05, 4.69) is 58.8 Å². The molecule has 1 aliphatic carbocycles. The maximum absolute atomic E-state index is 12.1. The van der Waals surface area contributed by atoms with Gasteiger partial charge in [0.05, 0.1) is 5.54 Å². The summed E-state index contributed by atoms with van der Waals surface area (Å²) in [5, 5.41) is 3.46. The fraction of sp³-hybridized carbons (Fsp3) is 0.941. The lowest BCUT2D eigenvalue weighted by molar-refractivity contribution is -0.127. The average molecular weight is 297 g/mol. The molecule has 0 bridgehead atoms. The Morgan fingerprint density at radius 1 is 1.33 bits per heavy atom. The van der Waals surface area contributed by atoms with Gasteiger partial charge in [0.2, 0.25) is 5.91 Å². The first-order valence-electron chi connectivity index (χ1n) is 8.29. The van der Waals surface area contributed by atoms with E-state index in [1.165, 1.54) is 0 Å². The molecule has 0 aromatic heterocycles. The molecule has 1 amide bonds. The van der Waals surface area contributed by atoms with Crippen molar-refractivity contribution in [3.8, 4) is 0 Å². The Morgan fingerprint density at radius 2 is 1.90 bits per heavy atom. The normalized spacial score (nSPS) is 28.9. The summed E-state index contributed by atoms with van der Waals surface area (Å²) in [5.74, 6) is -0.197. The van der Waals surface area contributed by atoms with Crippen molar-refractivity contribution in [1.82, 2.24) is 10.2 Å². The lowest BCUT2D eigenvalue weighted by Gasteiger charge is -2.47. The fourth-order valence-electron chi connectivity index (χ4n) is 3.50. The fourth-order valence-corrected chi connectivity index (χ4v) is 3.50. The summed E-state index contributed by atoms with van der Waals surface area (Å²) in [6.07, 6.45) is 3.87. The second kappa shape index (κ2) is 6.66. The highest BCUT2D eigenvalue weighted by Gasteiger charge is 2.43. The van der Waals surface area contributed by atoms with E-state index >= 15 is 0 Å². The van der Waals surface area contributed by atoms with Gasteiger partial charge in [-0.3, -0.25) is 4.79 Å². The quantitative estimate of drug-likeness (QED) is 0.820. The molecule has 1 aliphatic rings. The third-order valence-electron chi connectivity index (χ3n) is 5.20. The number of carbonyl (C=O) groups excluding carboxylic acids is 1. The molecule has 0 aliphatic heterocycles. The van der Waals surface area contributed by atoms with Gasteiger partial charge >= 0.3 is 0 Å². The van der Waals surface area contributed by atoms with Gasteiger partial charge in [0.15, 0.2) is 0 Å². The van der Waals surface area contributed by atoms with E-state index in [4.69, 9.17) is 5.73 Å². The van der Waals surface area contributed by atoms with Crippen LogP contribution in [0.1, 0.15) is 67.2 Å². The van der Waals surface area contributed by atoms with Crippen molar-refractivity contribution >= 4 is 5.91 Å². The van der Waals surface area contributed by atoms with Crippen LogP contribution in [0.2, 0.25) is 0 Å². The Labute approximate surface area is 130 Å². The third-order valence-corrected chi connectivity index (χ3v) is 5.20. The second-order valence-corrected chi connectivity index (χ2v) is 8.20. The van der Waals surface area contributed by atoms with Gasteiger partial charge in [0, 0.05) is 18.1 Å². The van der Waals surface area contributed by atoms with Gasteiger partial charge in [-0.15, -0.1) is 0 Å². The average Bonchev–Trinajstić information content (AvgIpc) is 2.35. The molecule has 0 spiro atoms. The van der Waals surface area contributed by atoms with Gasteiger partial charge in [-0.2, -0.15) is 0 Å². The molecular weight excluding hydrogens is 262 g/mol. The SMILES string of the molecule is CC(C)NC1(C(N)=O)CCCC(N(C)C(C)C(C)(C)C)C1. The smallest absolute Gasteiger partial charge is 0.237 e. The molecule has 0 aromatic rings. The first-order chi connectivity index (χ1) is 9.49. The van der Waals surface area contributed by atoms with E-state index in [-0.39, 0.29) is 17.4 Å². The van der Waals surface area contributed by atoms with Crippen LogP contribution in [-0.2, 0) is 4.79 Å². The van der Waals surface area contributed by atoms with Gasteiger partial charge in [-0.05, 0) is 58.9 Å². The lowest BCUT2D eigenvalue weighted by Crippen LogP contribution is -2.63. The summed E-state index contributed by atoms with van der Waals surface area (Å²) in [6, 6.07) is 1.14. The number of primary amides is 1. The Morgan fingerprint density at radius 3 is 2.33 bits per heavy atom. The van der Waals surface area contributed by atoms with Crippen LogP contribution in [0.15, 0.2) is 0 Å². The molecule has 1 rings (SSSR count). The van der Waals surface area contributed by atoms with Crippen LogP contribution in [0.5, 0.6) is 0 Å². The van der Waals surface area contributed by atoms with E-state index < -0.39 is 5.54 Å². The summed E-state index contributed by atoms with van der Waals surface area (Å²) in [5.41, 5.74) is 5.45. The standard InChI is InChI=1S/C17H35N3O/c1-12(2)19-17(15(18)21)10-8-9-14(11-17)20(7)13(3)16(4,5)6/h12-14,19H,8-11H2,1-7H3,(H2,18,21). The predicted molar refractivity (Wildman–Crippen MR) is 89.1 cm³/mol. The topological polar surface area (TPSA) is 58.4 Å². The molecule has 124 valence electrons. The van der Waals surface area contributed by atoms with Gasteiger partial charge in [-0.1, -0.05) is 20.8 Å². The summed E-state index contributed by atoms with van der Waals surface area (Å²) in [6.45, 7) is 13.2. The number of rotatable bonds is 5. The zero-order valence-corrected chi connectivity index (χ0v) is 15.0. The Kier molecular flexibility index (Phi) is 5.84. The number of nitrogens with one attached hydrogen (secondary N) is 1. The number of nitrogens with two attached hydrogens (primary N) is 1. The van der Waals surface area contributed by atoms with E-state index in [0.717, 1.165) is 25.7 Å². The molecule has 0 radical (unpaired) electrons. The number of hydrogen-bond donors (Lipinski definition) is 2. The van der Waals surface area contributed by atoms with E-state index in [1.54, 1.807) is 0 Å². The van der Waals surface area contributed by atoms with E-state index in [1.807, 2.05) is 0 Å². The summed E-state index contributed by atoms with van der Waals surface area (Å²) < 4.78 is 0. The monoisotopic (exact) mass is 297 g/mol. The van der Waals surface area contributed by atoms with Crippen molar-refractivity contribution in [2.24, 2.45) is 11.1 Å². The number of carbonyl (C=O) groups is 1. The molecule has 0 heterocycles. The minimum Gasteiger partial charge on any atom is -0.368 e. The van der Waals surface area contributed by atoms with Crippen LogP contribution in [0.4, 0.5) is 0 Å². The molecule has 3 unspecified atom stereocenters. The molecule has 0 aromatic carbocycles. The third kappa shape index (κ3) is 4.43. The van der Waals surface area contributed by atoms with Gasteiger partial charge in [-0.25, -0.2) is 0 Å². The van der Waals surface area contributed by atoms with Crippen LogP contribution in [0.3, 0.4) is 0 Å². The zero-order chi connectivity index (χ0) is 16.4. The van der Waals surface area contributed by atoms with Crippen LogP contribution < -0.4 is 11.1 Å². The second-order valence-electron chi connectivity index (χ2n) is 8.20. The molecule has 3 atom stereocenters. The lowest BCUT2D eigenvalue weighted by atomic mass is 9.76. The van der Waals surface area contributed by atoms with Crippen molar-refractivity contribution in [2.45, 2.75) is 90.9 Å². The number of amides is 1. The number of hydrogen-bond acceptors (Lipinski definition) is 3. The first-order valence-corrected chi connectivity index (χ1v) is 8.29. The Hall–Kier alpha value is -0.610. The minimum atomic E-state index is -0.539. The summed E-state index contributed by atoms with van der Waals surface area (Å²) >= 11 is 0. The van der Waals surface area contributed by atoms with Gasteiger partial charge in [0.1, 0.15) is 0 Å². The highest BCUT2D eigenvalue weighted by molar-refractivity contribution is 5.85. The van der Waals surface area contributed by atoms with Crippen molar-refractivity contribution in [2.75, 3.05) is 7.05 Å². The van der Waals surface area contributed by atoms with Crippen LogP contribution in [0, 0.1) is 5.41 Å². The molecule has 4 heteroatoms. The van der Waals surface area contributed by atoms with Gasteiger partial charge in [0.25, 0.3) is 0 Å². The molecule has 4 nitrogen and oxygen atoms in total. The van der Waals surface area contributed by atoms with Crippen LogP contribution in [-0.4, -0.2) is 41.5 Å². The van der Waals surface area contributed by atoms with Gasteiger partial charge < -0.3 is 16.0 Å². The zero-order valence-electron chi connectivity index (χ0n) is 15.0. The molecule has 3 N–H and O–H groups in total. The molecular formula is C17H35N3O. The van der Waals surface area contributed by atoms with E-state index in [0.29, 0.717) is 12.1 Å². The van der Waals surface area contributed by atoms with Crippen LogP contribution >= 0.6 is 0 Å². The molecule has 0 saturated heterocycles. The summed E-state index contributed by atoms with van der Waals surface area (Å²) in [4.78, 5) is 14.5. The highest BCUT2D eigenvalue weighted by atomic mass is 16.1. The molecule has 21 heavy (non-hydrogen) atoms. The minimum absolute atomic E-state index is 0.197. The Balaban J connectivity index is 2.89. The number of nitrogens with zero attached hydrogens (tertiary/aromatic N) is 1. The van der Waals surface area contributed by atoms with Crippen LogP contribution in [0.25, 0.3) is 0 Å². The van der Waals surface area contributed by atoms with E-state index in [9.17, 15) is 4.79 Å². The van der Waals surface area contributed by atoms with Crippen molar-refractivity contribution in [1.29, 1.82) is 0 Å². The molecule has 1 saturated carbocycles. The maximum Gasteiger partial charge on any atom is 0.237 e. The maximum atomic E-state index is 12.1. The predicted octanol–water partition coefficient (Wildman–Crippen LogP) is 2.52. The largest absolute Gasteiger partial charge is 0.368 e. The Bertz CT molecular complexity index is 362. The molecule has 1 fully saturated rings. The summed E-state index contributed by atoms with van der Waals surface area (Å²) in [7, 11) is 2.19. The van der Waals surface area contributed by atoms with Crippen molar-refractivity contribution < 1.29 is 4.79 Å². The van der Waals surface area contributed by atoms with Crippen molar-refractivity contribution in [3.63, 3.8) is 0 Å². The first kappa shape index (κ1) is 18.4.